The Bertz CT molecular complexity index is 907. The third-order valence-electron chi connectivity index (χ3n) is 4.31. The van der Waals surface area contributed by atoms with Crippen LogP contribution >= 0.6 is 22.9 Å². The Labute approximate surface area is 184 Å². The minimum absolute atomic E-state index is 0.181. The number of nitrogens with zero attached hydrogens (tertiary/aromatic N) is 1. The van der Waals surface area contributed by atoms with Gasteiger partial charge in [-0.05, 0) is 57.5 Å². The van der Waals surface area contributed by atoms with Crippen LogP contribution in [0.2, 0.25) is 5.02 Å². The summed E-state index contributed by atoms with van der Waals surface area (Å²) >= 11 is 6.89. The molecule has 0 fully saturated rings. The molecule has 0 aliphatic rings. The Balaban J connectivity index is 2.24. The first kappa shape index (κ1) is 23.7. The van der Waals surface area contributed by atoms with Crippen LogP contribution in [0.25, 0.3) is 0 Å². The van der Waals surface area contributed by atoms with Crippen LogP contribution in [0.3, 0.4) is 0 Å². The first-order chi connectivity index (χ1) is 14.3. The first-order valence-corrected chi connectivity index (χ1v) is 10.8. The van der Waals surface area contributed by atoms with Crippen molar-refractivity contribution in [2.24, 2.45) is 0 Å². The lowest BCUT2D eigenvalue weighted by Crippen LogP contribution is -2.30. The van der Waals surface area contributed by atoms with E-state index in [9.17, 15) is 14.4 Å². The lowest BCUT2D eigenvalue weighted by atomic mass is 10.1. The van der Waals surface area contributed by atoms with Crippen LogP contribution < -0.4 is 10.1 Å². The van der Waals surface area contributed by atoms with Gasteiger partial charge in [-0.15, -0.1) is 11.3 Å². The number of rotatable bonds is 9. The van der Waals surface area contributed by atoms with E-state index in [1.807, 2.05) is 13.8 Å². The Kier molecular flexibility index (Phi) is 8.68. The van der Waals surface area contributed by atoms with Gasteiger partial charge in [0.25, 0.3) is 11.8 Å². The number of amides is 2. The number of hydrogen-bond donors (Lipinski definition) is 1. The quantitative estimate of drug-likeness (QED) is 0.570. The second kappa shape index (κ2) is 11.0. The molecule has 7 nitrogen and oxygen atoms in total. The number of benzene rings is 1. The number of carbonyl (C=O) groups is 3. The van der Waals surface area contributed by atoms with Gasteiger partial charge in [0.2, 0.25) is 0 Å². The lowest BCUT2D eigenvalue weighted by molar-refractivity contribution is -0.118. The molecular formula is C21H25ClN2O5S. The summed E-state index contributed by atoms with van der Waals surface area (Å²) in [5.41, 5.74) is 0.682. The highest BCUT2D eigenvalue weighted by molar-refractivity contribution is 7.18. The van der Waals surface area contributed by atoms with E-state index >= 15 is 0 Å². The monoisotopic (exact) mass is 452 g/mol. The lowest BCUT2D eigenvalue weighted by Gasteiger charge is -2.18. The molecule has 1 N–H and O–H groups in total. The number of anilines is 1. The zero-order chi connectivity index (χ0) is 22.3. The van der Waals surface area contributed by atoms with E-state index < -0.39 is 11.9 Å². The largest absolute Gasteiger partial charge is 0.484 e. The third kappa shape index (κ3) is 5.73. The number of nitrogens with one attached hydrogen (secondary N) is 1. The van der Waals surface area contributed by atoms with Gasteiger partial charge in [-0.25, -0.2) is 4.79 Å². The van der Waals surface area contributed by atoms with Crippen LogP contribution in [0, 0.1) is 6.92 Å². The second-order valence-electron chi connectivity index (χ2n) is 6.25. The molecule has 0 spiro atoms. The molecular weight excluding hydrogens is 428 g/mol. The molecule has 0 saturated heterocycles. The van der Waals surface area contributed by atoms with Gasteiger partial charge in [-0.2, -0.15) is 0 Å². The number of thiophene rings is 1. The number of halogens is 1. The van der Waals surface area contributed by atoms with Gasteiger partial charge < -0.3 is 19.7 Å². The molecule has 0 aliphatic heterocycles. The van der Waals surface area contributed by atoms with E-state index in [1.54, 1.807) is 43.0 Å². The van der Waals surface area contributed by atoms with Crippen molar-refractivity contribution in [1.29, 1.82) is 0 Å². The van der Waals surface area contributed by atoms with Crippen LogP contribution in [0.4, 0.5) is 5.00 Å². The average Bonchev–Trinajstić information content (AvgIpc) is 3.04. The molecule has 0 atom stereocenters. The molecule has 9 heteroatoms. The summed E-state index contributed by atoms with van der Waals surface area (Å²) in [6, 6.07) is 6.61. The van der Waals surface area contributed by atoms with Crippen molar-refractivity contribution in [2.45, 2.75) is 27.7 Å². The number of ether oxygens (including phenoxy) is 2. The predicted molar refractivity (Wildman–Crippen MR) is 118 cm³/mol. The van der Waals surface area contributed by atoms with E-state index in [0.717, 1.165) is 11.3 Å². The molecule has 2 amide bonds. The third-order valence-corrected chi connectivity index (χ3v) is 5.75. The van der Waals surface area contributed by atoms with Gasteiger partial charge in [-0.3, -0.25) is 9.59 Å². The molecule has 2 rings (SSSR count). The van der Waals surface area contributed by atoms with Gasteiger partial charge in [0.05, 0.1) is 17.0 Å². The van der Waals surface area contributed by atoms with Crippen LogP contribution in [-0.2, 0) is 9.53 Å². The Morgan fingerprint density at radius 2 is 1.73 bits per heavy atom. The van der Waals surface area contributed by atoms with Crippen molar-refractivity contribution in [3.63, 3.8) is 0 Å². The van der Waals surface area contributed by atoms with E-state index in [4.69, 9.17) is 21.1 Å². The minimum atomic E-state index is -0.584. The maximum absolute atomic E-state index is 12.8. The zero-order valence-electron chi connectivity index (χ0n) is 17.4. The van der Waals surface area contributed by atoms with E-state index in [-0.39, 0.29) is 29.7 Å². The van der Waals surface area contributed by atoms with Crippen molar-refractivity contribution >= 4 is 45.7 Å². The van der Waals surface area contributed by atoms with Gasteiger partial charge in [0, 0.05) is 18.1 Å². The van der Waals surface area contributed by atoms with E-state index in [0.29, 0.717) is 34.3 Å². The summed E-state index contributed by atoms with van der Waals surface area (Å²) in [5.74, 6) is -0.747. The van der Waals surface area contributed by atoms with E-state index in [2.05, 4.69) is 5.32 Å². The smallest absolute Gasteiger partial charge is 0.341 e. The predicted octanol–water partition coefficient (Wildman–Crippen LogP) is 4.39. The molecule has 0 bridgehead atoms. The number of esters is 1. The van der Waals surface area contributed by atoms with Crippen molar-refractivity contribution in [3.8, 4) is 5.75 Å². The number of hydrogen-bond acceptors (Lipinski definition) is 6. The van der Waals surface area contributed by atoms with Crippen molar-refractivity contribution < 1.29 is 23.9 Å². The van der Waals surface area contributed by atoms with Crippen molar-refractivity contribution in [2.75, 3.05) is 31.6 Å². The average molecular weight is 453 g/mol. The standard InChI is InChI=1S/C21H25ClN2O5S/c1-5-24(6-2)20(26)18-13(4)17(21(27)28-7-3)19(30-18)23-16(25)12-29-15-10-8-14(22)9-11-15/h8-11H,5-7,12H2,1-4H3,(H,23,25). The summed E-state index contributed by atoms with van der Waals surface area (Å²) in [4.78, 5) is 39.8. The van der Waals surface area contributed by atoms with E-state index in [1.165, 1.54) is 0 Å². The van der Waals surface area contributed by atoms with Crippen molar-refractivity contribution in [3.05, 3.63) is 45.3 Å². The first-order valence-electron chi connectivity index (χ1n) is 9.60. The maximum atomic E-state index is 12.8. The maximum Gasteiger partial charge on any atom is 0.341 e. The fourth-order valence-electron chi connectivity index (χ4n) is 2.75. The molecule has 0 radical (unpaired) electrons. The van der Waals surface area contributed by atoms with Crippen LogP contribution in [0.15, 0.2) is 24.3 Å². The summed E-state index contributed by atoms with van der Waals surface area (Å²) in [7, 11) is 0. The highest BCUT2D eigenvalue weighted by atomic mass is 35.5. The molecule has 1 heterocycles. The Morgan fingerprint density at radius 1 is 1.10 bits per heavy atom. The molecule has 162 valence electrons. The summed E-state index contributed by atoms with van der Waals surface area (Å²) < 4.78 is 10.6. The minimum Gasteiger partial charge on any atom is -0.484 e. The fourth-order valence-corrected chi connectivity index (χ4v) is 4.06. The van der Waals surface area contributed by atoms with Crippen LogP contribution in [0.5, 0.6) is 5.75 Å². The molecule has 0 saturated carbocycles. The molecule has 0 aliphatic carbocycles. The SMILES string of the molecule is CCOC(=O)c1c(NC(=O)COc2ccc(Cl)cc2)sc(C(=O)N(CC)CC)c1C. The van der Waals surface area contributed by atoms with Gasteiger partial charge in [0.15, 0.2) is 6.61 Å². The highest BCUT2D eigenvalue weighted by Crippen LogP contribution is 2.34. The molecule has 1 aromatic heterocycles. The molecule has 2 aromatic rings. The van der Waals surface area contributed by atoms with Gasteiger partial charge >= 0.3 is 5.97 Å². The summed E-state index contributed by atoms with van der Waals surface area (Å²) in [6.45, 7) is 8.14. The normalized spacial score (nSPS) is 10.4. The molecule has 30 heavy (non-hydrogen) atoms. The Morgan fingerprint density at radius 3 is 2.30 bits per heavy atom. The zero-order valence-corrected chi connectivity index (χ0v) is 19.0. The topological polar surface area (TPSA) is 84.9 Å². The van der Waals surface area contributed by atoms with Gasteiger partial charge in [-0.1, -0.05) is 11.6 Å². The molecule has 0 unspecified atom stereocenters. The fraction of sp³-hybridized carbons (Fsp3) is 0.381. The van der Waals surface area contributed by atoms with Crippen LogP contribution in [0.1, 0.15) is 46.4 Å². The summed E-state index contributed by atoms with van der Waals surface area (Å²) in [6.07, 6.45) is 0. The summed E-state index contributed by atoms with van der Waals surface area (Å²) in [5, 5.41) is 3.51. The van der Waals surface area contributed by atoms with Crippen molar-refractivity contribution in [1.82, 2.24) is 4.90 Å². The number of carbonyl (C=O) groups excluding carboxylic acids is 3. The second-order valence-corrected chi connectivity index (χ2v) is 7.71. The van der Waals surface area contributed by atoms with Crippen LogP contribution in [-0.4, -0.2) is 49.0 Å². The molecule has 1 aromatic carbocycles. The van der Waals surface area contributed by atoms with Gasteiger partial charge in [0.1, 0.15) is 10.8 Å². The Hall–Kier alpha value is -2.58. The highest BCUT2D eigenvalue weighted by Gasteiger charge is 2.28.